The van der Waals surface area contributed by atoms with Crippen LogP contribution in [-0.2, 0) is 16.0 Å². The second kappa shape index (κ2) is 10.0. The third kappa shape index (κ3) is 6.69. The molecule has 0 bridgehead atoms. The largest absolute Gasteiger partial charge is 0.326 e. The topological polar surface area (TPSA) is 71.1 Å². The summed E-state index contributed by atoms with van der Waals surface area (Å²) in [5.74, 6) is 0.0684. The van der Waals surface area contributed by atoms with Crippen molar-refractivity contribution >= 4 is 62.2 Å². The summed E-state index contributed by atoms with van der Waals surface area (Å²) in [7, 11) is 0. The number of hydrogen-bond acceptors (Lipinski definition) is 5. The van der Waals surface area contributed by atoms with E-state index in [-0.39, 0.29) is 24.0 Å². The fraction of sp³-hybridized carbons (Fsp3) is 0.190. The van der Waals surface area contributed by atoms with E-state index in [1.807, 2.05) is 61.7 Å². The normalized spacial score (nSPS) is 10.6. The molecule has 0 saturated carbocycles. The Balaban J connectivity index is 1.48. The zero-order valence-corrected chi connectivity index (χ0v) is 19.2. The molecule has 3 aromatic rings. The summed E-state index contributed by atoms with van der Waals surface area (Å²) in [6.07, 6.45) is 0.197. The van der Waals surface area contributed by atoms with Gasteiger partial charge in [-0.1, -0.05) is 45.4 Å². The number of hydrogen-bond donors (Lipinski definition) is 2. The number of halogens is 1. The standard InChI is InChI=1S/C21H20BrN3O2S2/c1-13-3-6-16(7-4-13)23-20(27)12-29-21-24-17(11-28-21)10-19(26)25-18-8-5-15(22)9-14(18)2/h3-9,11H,10,12H2,1-2H3,(H,23,27)(H,25,26). The first-order chi connectivity index (χ1) is 13.9. The van der Waals surface area contributed by atoms with Crippen LogP contribution in [0.25, 0.3) is 0 Å². The summed E-state index contributed by atoms with van der Waals surface area (Å²) in [5.41, 5.74) is 4.40. The highest BCUT2D eigenvalue weighted by molar-refractivity contribution is 9.10. The molecule has 0 aliphatic rings. The average molecular weight is 490 g/mol. The maximum Gasteiger partial charge on any atom is 0.234 e. The Morgan fingerprint density at radius 1 is 1.07 bits per heavy atom. The molecule has 2 N–H and O–H groups in total. The molecular weight excluding hydrogens is 470 g/mol. The highest BCUT2D eigenvalue weighted by Gasteiger charge is 2.11. The Morgan fingerprint density at radius 3 is 2.55 bits per heavy atom. The summed E-state index contributed by atoms with van der Waals surface area (Å²) in [5, 5.41) is 7.63. The van der Waals surface area contributed by atoms with E-state index in [2.05, 4.69) is 31.5 Å². The van der Waals surface area contributed by atoms with Gasteiger partial charge in [0.2, 0.25) is 11.8 Å². The Bertz CT molecular complexity index is 1020. The lowest BCUT2D eigenvalue weighted by atomic mass is 10.2. The molecule has 150 valence electrons. The predicted octanol–water partition coefficient (Wildman–Crippen LogP) is 5.43. The van der Waals surface area contributed by atoms with Gasteiger partial charge in [0.25, 0.3) is 0 Å². The maximum atomic E-state index is 12.3. The number of anilines is 2. The molecule has 0 fully saturated rings. The lowest BCUT2D eigenvalue weighted by Crippen LogP contribution is -2.15. The minimum absolute atomic E-state index is 0.0842. The van der Waals surface area contributed by atoms with Gasteiger partial charge in [-0.3, -0.25) is 9.59 Å². The summed E-state index contributed by atoms with van der Waals surface area (Å²) >= 11 is 6.22. The fourth-order valence-corrected chi connectivity index (χ4v) is 4.64. The average Bonchev–Trinajstić information content (AvgIpc) is 3.11. The lowest BCUT2D eigenvalue weighted by molar-refractivity contribution is -0.116. The second-order valence-corrected chi connectivity index (χ2v) is 9.49. The van der Waals surface area contributed by atoms with Crippen LogP contribution in [0.1, 0.15) is 16.8 Å². The fourth-order valence-electron chi connectivity index (χ4n) is 2.52. The zero-order chi connectivity index (χ0) is 20.8. The van der Waals surface area contributed by atoms with Gasteiger partial charge in [-0.2, -0.15) is 0 Å². The zero-order valence-electron chi connectivity index (χ0n) is 16.0. The van der Waals surface area contributed by atoms with Crippen molar-refractivity contribution in [3.8, 4) is 0 Å². The van der Waals surface area contributed by atoms with Crippen molar-refractivity contribution in [3.05, 3.63) is 69.1 Å². The van der Waals surface area contributed by atoms with E-state index in [0.29, 0.717) is 5.69 Å². The van der Waals surface area contributed by atoms with Gasteiger partial charge in [-0.25, -0.2) is 4.98 Å². The summed E-state index contributed by atoms with van der Waals surface area (Å²) in [6.45, 7) is 3.95. The van der Waals surface area contributed by atoms with Crippen LogP contribution in [0, 0.1) is 13.8 Å². The molecule has 1 aromatic heterocycles. The van der Waals surface area contributed by atoms with E-state index in [1.165, 1.54) is 23.1 Å². The molecule has 1 heterocycles. The minimum Gasteiger partial charge on any atom is -0.326 e. The van der Waals surface area contributed by atoms with Crippen LogP contribution in [0.2, 0.25) is 0 Å². The van der Waals surface area contributed by atoms with E-state index < -0.39 is 0 Å². The van der Waals surface area contributed by atoms with Crippen LogP contribution in [0.3, 0.4) is 0 Å². The van der Waals surface area contributed by atoms with Crippen LogP contribution in [0.4, 0.5) is 11.4 Å². The van der Waals surface area contributed by atoms with Crippen LogP contribution in [0.5, 0.6) is 0 Å². The van der Waals surface area contributed by atoms with E-state index in [0.717, 1.165) is 31.3 Å². The monoisotopic (exact) mass is 489 g/mol. The second-order valence-electron chi connectivity index (χ2n) is 6.49. The van der Waals surface area contributed by atoms with Gasteiger partial charge in [0.1, 0.15) is 0 Å². The molecule has 0 atom stereocenters. The highest BCUT2D eigenvalue weighted by atomic mass is 79.9. The number of carbonyl (C=O) groups excluding carboxylic acids is 2. The minimum atomic E-state index is -0.116. The number of carbonyl (C=O) groups is 2. The van der Waals surface area contributed by atoms with Crippen molar-refractivity contribution in [2.45, 2.75) is 24.6 Å². The Morgan fingerprint density at radius 2 is 1.83 bits per heavy atom. The van der Waals surface area contributed by atoms with E-state index in [9.17, 15) is 9.59 Å². The van der Waals surface area contributed by atoms with Crippen LogP contribution >= 0.6 is 39.0 Å². The van der Waals surface area contributed by atoms with Gasteiger partial charge in [0.15, 0.2) is 4.34 Å². The molecule has 0 spiro atoms. The van der Waals surface area contributed by atoms with Crippen molar-refractivity contribution in [2.75, 3.05) is 16.4 Å². The van der Waals surface area contributed by atoms with E-state index in [1.54, 1.807) is 0 Å². The molecule has 0 unspecified atom stereocenters. The number of rotatable bonds is 7. The van der Waals surface area contributed by atoms with Crippen molar-refractivity contribution in [2.24, 2.45) is 0 Å². The van der Waals surface area contributed by atoms with Crippen molar-refractivity contribution in [1.29, 1.82) is 0 Å². The highest BCUT2D eigenvalue weighted by Crippen LogP contribution is 2.24. The molecule has 2 aromatic carbocycles. The molecule has 5 nitrogen and oxygen atoms in total. The molecular formula is C21H20BrN3O2S2. The van der Waals surface area contributed by atoms with E-state index in [4.69, 9.17) is 0 Å². The molecule has 29 heavy (non-hydrogen) atoms. The molecule has 0 aliphatic heterocycles. The van der Waals surface area contributed by atoms with Crippen LogP contribution in [-0.4, -0.2) is 22.6 Å². The molecule has 0 aliphatic carbocycles. The first kappa shape index (κ1) is 21.5. The summed E-state index contributed by atoms with van der Waals surface area (Å²) in [4.78, 5) is 28.8. The van der Waals surface area contributed by atoms with Gasteiger partial charge in [0.05, 0.1) is 17.9 Å². The van der Waals surface area contributed by atoms with Crippen molar-refractivity contribution in [1.82, 2.24) is 4.98 Å². The first-order valence-electron chi connectivity index (χ1n) is 8.89. The predicted molar refractivity (Wildman–Crippen MR) is 124 cm³/mol. The number of thioether (sulfide) groups is 1. The third-order valence-corrected chi connectivity index (χ3v) is 6.56. The molecule has 3 rings (SSSR count). The molecule has 0 radical (unpaired) electrons. The number of nitrogens with one attached hydrogen (secondary N) is 2. The smallest absolute Gasteiger partial charge is 0.234 e. The first-order valence-corrected chi connectivity index (χ1v) is 11.5. The van der Waals surface area contributed by atoms with Gasteiger partial charge in [0, 0.05) is 21.2 Å². The number of thiazole rings is 1. The third-order valence-electron chi connectivity index (χ3n) is 4.00. The quantitative estimate of drug-likeness (QED) is 0.433. The number of nitrogens with zero attached hydrogens (tertiary/aromatic N) is 1. The molecule has 2 amide bonds. The summed E-state index contributed by atoms with van der Waals surface area (Å²) < 4.78 is 1.74. The number of benzene rings is 2. The Labute approximate surface area is 186 Å². The maximum absolute atomic E-state index is 12.3. The van der Waals surface area contributed by atoms with E-state index >= 15 is 0 Å². The van der Waals surface area contributed by atoms with Crippen molar-refractivity contribution in [3.63, 3.8) is 0 Å². The van der Waals surface area contributed by atoms with Crippen LogP contribution in [0.15, 0.2) is 56.7 Å². The van der Waals surface area contributed by atoms with Gasteiger partial charge in [-0.05, 0) is 49.7 Å². The van der Waals surface area contributed by atoms with Crippen LogP contribution < -0.4 is 10.6 Å². The Hall–Kier alpha value is -2.16. The van der Waals surface area contributed by atoms with Gasteiger partial charge < -0.3 is 10.6 Å². The SMILES string of the molecule is Cc1ccc(NC(=O)CSc2nc(CC(=O)Nc3ccc(Br)cc3C)cs2)cc1. The number of aryl methyl sites for hydroxylation is 2. The van der Waals surface area contributed by atoms with Crippen molar-refractivity contribution < 1.29 is 9.59 Å². The van der Waals surface area contributed by atoms with Gasteiger partial charge in [-0.15, -0.1) is 11.3 Å². The Kier molecular flexibility index (Phi) is 7.46. The lowest BCUT2D eigenvalue weighted by Gasteiger charge is -2.08. The van der Waals surface area contributed by atoms with Gasteiger partial charge >= 0.3 is 0 Å². The molecule has 8 heteroatoms. The summed E-state index contributed by atoms with van der Waals surface area (Å²) in [6, 6.07) is 13.4. The molecule has 0 saturated heterocycles. The number of aromatic nitrogens is 1. The number of amides is 2.